The fourth-order valence-electron chi connectivity index (χ4n) is 1.01. The number of aryl methyl sites for hydroxylation is 1. The Labute approximate surface area is 96.4 Å². The Morgan fingerprint density at radius 3 is 3.00 bits per heavy atom. The largest absolute Gasteiger partial charge is 0.469 e. The van der Waals surface area contributed by atoms with Crippen molar-refractivity contribution in [1.82, 2.24) is 9.97 Å². The van der Waals surface area contributed by atoms with Gasteiger partial charge in [-0.2, -0.15) is 0 Å². The summed E-state index contributed by atoms with van der Waals surface area (Å²) in [6, 6.07) is 0. The van der Waals surface area contributed by atoms with Crippen molar-refractivity contribution in [3.8, 4) is 0 Å². The van der Waals surface area contributed by atoms with E-state index >= 15 is 0 Å². The SMILES string of the molecule is COC(=O)CCNc1ncc(Br)nc1C. The molecule has 0 aliphatic heterocycles. The molecule has 1 aromatic rings. The zero-order valence-electron chi connectivity index (χ0n) is 8.58. The lowest BCUT2D eigenvalue weighted by Gasteiger charge is -2.06. The van der Waals surface area contributed by atoms with E-state index in [0.717, 1.165) is 5.69 Å². The maximum atomic E-state index is 10.8. The third-order valence-electron chi connectivity index (χ3n) is 1.77. The summed E-state index contributed by atoms with van der Waals surface area (Å²) in [6.45, 7) is 2.34. The Hall–Kier alpha value is -1.17. The number of hydrogen-bond acceptors (Lipinski definition) is 5. The van der Waals surface area contributed by atoms with E-state index < -0.39 is 0 Å². The van der Waals surface area contributed by atoms with Gasteiger partial charge in [-0.25, -0.2) is 9.97 Å². The van der Waals surface area contributed by atoms with Crippen molar-refractivity contribution in [2.24, 2.45) is 0 Å². The van der Waals surface area contributed by atoms with Gasteiger partial charge in [-0.3, -0.25) is 4.79 Å². The number of aromatic nitrogens is 2. The molecule has 1 rings (SSSR count). The van der Waals surface area contributed by atoms with E-state index in [0.29, 0.717) is 23.4 Å². The van der Waals surface area contributed by atoms with Gasteiger partial charge in [0.1, 0.15) is 10.4 Å². The lowest BCUT2D eigenvalue weighted by Crippen LogP contribution is -2.11. The summed E-state index contributed by atoms with van der Waals surface area (Å²) in [5.41, 5.74) is 0.786. The van der Waals surface area contributed by atoms with Crippen LogP contribution in [0.15, 0.2) is 10.8 Å². The number of nitrogens with zero attached hydrogens (tertiary/aromatic N) is 2. The molecule has 0 spiro atoms. The fraction of sp³-hybridized carbons (Fsp3) is 0.444. The molecule has 1 aromatic heterocycles. The molecule has 15 heavy (non-hydrogen) atoms. The number of anilines is 1. The molecule has 0 fully saturated rings. The van der Waals surface area contributed by atoms with E-state index in [9.17, 15) is 4.79 Å². The second-order valence-corrected chi connectivity index (χ2v) is 3.69. The quantitative estimate of drug-likeness (QED) is 0.843. The van der Waals surface area contributed by atoms with E-state index in [4.69, 9.17) is 0 Å². The highest BCUT2D eigenvalue weighted by Gasteiger charge is 2.03. The summed E-state index contributed by atoms with van der Waals surface area (Å²) in [6.07, 6.45) is 1.92. The van der Waals surface area contributed by atoms with Crippen LogP contribution in [0.4, 0.5) is 5.82 Å². The van der Waals surface area contributed by atoms with Gasteiger partial charge in [0.25, 0.3) is 0 Å². The van der Waals surface area contributed by atoms with Gasteiger partial charge in [0.2, 0.25) is 0 Å². The number of rotatable bonds is 4. The molecule has 0 amide bonds. The highest BCUT2D eigenvalue weighted by Crippen LogP contribution is 2.11. The van der Waals surface area contributed by atoms with Crippen molar-refractivity contribution in [3.05, 3.63) is 16.5 Å². The van der Waals surface area contributed by atoms with Crippen LogP contribution in [0.3, 0.4) is 0 Å². The summed E-state index contributed by atoms with van der Waals surface area (Å²) in [4.78, 5) is 19.1. The summed E-state index contributed by atoms with van der Waals surface area (Å²) in [7, 11) is 1.37. The molecule has 0 unspecified atom stereocenters. The maximum absolute atomic E-state index is 10.8. The van der Waals surface area contributed by atoms with Crippen LogP contribution >= 0.6 is 15.9 Å². The highest BCUT2D eigenvalue weighted by atomic mass is 79.9. The standard InChI is InChI=1S/C9H12BrN3O2/c1-6-9(12-5-7(10)13-6)11-4-3-8(14)15-2/h5H,3-4H2,1-2H3,(H,11,12). The van der Waals surface area contributed by atoms with Crippen LogP contribution in [0, 0.1) is 6.92 Å². The minimum atomic E-state index is -0.245. The van der Waals surface area contributed by atoms with E-state index in [2.05, 4.69) is 36.0 Å². The Balaban J connectivity index is 2.47. The van der Waals surface area contributed by atoms with Crippen LogP contribution in [0.1, 0.15) is 12.1 Å². The average Bonchev–Trinajstić information content (AvgIpc) is 2.21. The Bertz CT molecular complexity index is 357. The second kappa shape index (κ2) is 5.65. The molecule has 0 saturated heterocycles. The lowest BCUT2D eigenvalue weighted by atomic mass is 10.4. The van der Waals surface area contributed by atoms with Gasteiger partial charge in [0.15, 0.2) is 0 Å². The van der Waals surface area contributed by atoms with E-state index in [-0.39, 0.29) is 5.97 Å². The molecule has 5 nitrogen and oxygen atoms in total. The molecule has 1 N–H and O–H groups in total. The molecule has 0 aromatic carbocycles. The summed E-state index contributed by atoms with van der Waals surface area (Å²) < 4.78 is 5.21. The van der Waals surface area contributed by atoms with Crippen LogP contribution < -0.4 is 5.32 Å². The zero-order valence-corrected chi connectivity index (χ0v) is 10.2. The minimum absolute atomic E-state index is 0.245. The zero-order chi connectivity index (χ0) is 11.3. The molecule has 82 valence electrons. The summed E-state index contributed by atoms with van der Waals surface area (Å²) in [5.74, 6) is 0.437. The van der Waals surface area contributed by atoms with Crippen molar-refractivity contribution < 1.29 is 9.53 Å². The van der Waals surface area contributed by atoms with Crippen LogP contribution in [-0.4, -0.2) is 29.6 Å². The maximum Gasteiger partial charge on any atom is 0.307 e. The van der Waals surface area contributed by atoms with Crippen molar-refractivity contribution >= 4 is 27.7 Å². The molecule has 0 radical (unpaired) electrons. The molecular weight excluding hydrogens is 262 g/mol. The molecule has 0 bridgehead atoms. The number of methoxy groups -OCH3 is 1. The predicted molar refractivity (Wildman–Crippen MR) is 59.6 cm³/mol. The molecule has 6 heteroatoms. The normalized spacial score (nSPS) is 9.80. The smallest absolute Gasteiger partial charge is 0.307 e. The monoisotopic (exact) mass is 273 g/mol. The first-order valence-electron chi connectivity index (χ1n) is 4.43. The third kappa shape index (κ3) is 3.83. The average molecular weight is 274 g/mol. The number of hydrogen-bond donors (Lipinski definition) is 1. The van der Waals surface area contributed by atoms with Crippen LogP contribution in [0.2, 0.25) is 0 Å². The predicted octanol–water partition coefficient (Wildman–Crippen LogP) is 1.52. The van der Waals surface area contributed by atoms with Gasteiger partial charge in [0, 0.05) is 6.54 Å². The van der Waals surface area contributed by atoms with Gasteiger partial charge in [-0.05, 0) is 22.9 Å². The van der Waals surface area contributed by atoms with Crippen molar-refractivity contribution in [3.63, 3.8) is 0 Å². The van der Waals surface area contributed by atoms with Gasteiger partial charge in [-0.15, -0.1) is 0 Å². The first-order chi connectivity index (χ1) is 7.13. The Morgan fingerprint density at radius 1 is 1.67 bits per heavy atom. The molecule has 0 aliphatic rings. The van der Waals surface area contributed by atoms with Crippen LogP contribution in [0.25, 0.3) is 0 Å². The first-order valence-corrected chi connectivity index (χ1v) is 5.22. The van der Waals surface area contributed by atoms with E-state index in [1.807, 2.05) is 6.92 Å². The molecule has 1 heterocycles. The minimum Gasteiger partial charge on any atom is -0.469 e. The number of carbonyl (C=O) groups excluding carboxylic acids is 1. The number of esters is 1. The van der Waals surface area contributed by atoms with Gasteiger partial charge >= 0.3 is 5.97 Å². The van der Waals surface area contributed by atoms with Crippen molar-refractivity contribution in [2.45, 2.75) is 13.3 Å². The van der Waals surface area contributed by atoms with Gasteiger partial charge in [-0.1, -0.05) is 0 Å². The van der Waals surface area contributed by atoms with Crippen molar-refractivity contribution in [1.29, 1.82) is 0 Å². The summed E-state index contributed by atoms with van der Waals surface area (Å²) in [5, 5.41) is 3.01. The van der Waals surface area contributed by atoms with Gasteiger partial charge in [0.05, 0.1) is 25.4 Å². The number of ether oxygens (including phenoxy) is 1. The summed E-state index contributed by atoms with van der Waals surface area (Å²) >= 11 is 3.22. The molecule has 0 aliphatic carbocycles. The number of carbonyl (C=O) groups is 1. The number of nitrogens with one attached hydrogen (secondary N) is 1. The van der Waals surface area contributed by atoms with E-state index in [1.165, 1.54) is 7.11 Å². The molecular formula is C9H12BrN3O2. The topological polar surface area (TPSA) is 64.1 Å². The third-order valence-corrected chi connectivity index (χ3v) is 2.15. The highest BCUT2D eigenvalue weighted by molar-refractivity contribution is 9.10. The Morgan fingerprint density at radius 2 is 2.40 bits per heavy atom. The van der Waals surface area contributed by atoms with Gasteiger partial charge < -0.3 is 10.1 Å². The van der Waals surface area contributed by atoms with E-state index in [1.54, 1.807) is 6.20 Å². The molecule has 0 saturated carbocycles. The van der Waals surface area contributed by atoms with Crippen LogP contribution in [-0.2, 0) is 9.53 Å². The van der Waals surface area contributed by atoms with Crippen molar-refractivity contribution in [2.75, 3.05) is 19.0 Å². The fourth-order valence-corrected chi connectivity index (χ4v) is 1.38. The van der Waals surface area contributed by atoms with Crippen LogP contribution in [0.5, 0.6) is 0 Å². The second-order valence-electron chi connectivity index (χ2n) is 2.88. The Kier molecular flexibility index (Phi) is 4.48. The molecule has 0 atom stereocenters. The number of halogens is 1. The lowest BCUT2D eigenvalue weighted by molar-refractivity contribution is -0.140. The first kappa shape index (κ1) is 11.9.